The van der Waals surface area contributed by atoms with Gasteiger partial charge in [0, 0.05) is 67.6 Å². The molecule has 3 aromatic rings. The Morgan fingerprint density at radius 2 is 1.76 bits per heavy atom. The summed E-state index contributed by atoms with van der Waals surface area (Å²) in [4.78, 5) is 21.1. The Balaban J connectivity index is 1.12. The van der Waals surface area contributed by atoms with Crippen molar-refractivity contribution in [2.75, 3.05) is 64.4 Å². The van der Waals surface area contributed by atoms with E-state index in [2.05, 4.69) is 51.1 Å². The number of hydrogen-bond acceptors (Lipinski definition) is 6. The molecule has 2 aliphatic heterocycles. The number of H-pyrrole nitrogens is 1. The highest BCUT2D eigenvalue weighted by atomic mass is 16.6. The molecule has 0 bridgehead atoms. The fraction of sp³-hybridized carbons (Fsp3) is 0.462. The zero-order valence-corrected chi connectivity index (χ0v) is 19.8. The number of fused-ring (bicyclic) bond motifs is 1. The predicted octanol–water partition coefficient (Wildman–Crippen LogP) is 4.09. The summed E-state index contributed by atoms with van der Waals surface area (Å²) in [5.74, 6) is 1.55. The number of hydrogen-bond donors (Lipinski definition) is 1. The van der Waals surface area contributed by atoms with E-state index in [4.69, 9.17) is 4.74 Å². The first kappa shape index (κ1) is 22.7. The molecule has 0 spiro atoms. The van der Waals surface area contributed by atoms with E-state index in [1.807, 2.05) is 12.1 Å². The second-order valence-electron chi connectivity index (χ2n) is 9.48. The number of likely N-dealkylation sites (tertiary alicyclic amines) is 1. The number of nitro benzene ring substituents is 1. The second kappa shape index (κ2) is 10.0. The highest BCUT2D eigenvalue weighted by molar-refractivity contribution is 5.85. The normalized spacial score (nSPS) is 18.4. The number of non-ortho nitro benzene ring substituents is 1. The lowest BCUT2D eigenvalue weighted by molar-refractivity contribution is -0.384. The molecular weight excluding hydrogens is 430 g/mol. The topological polar surface area (TPSA) is 77.9 Å². The lowest BCUT2D eigenvalue weighted by atomic mass is 9.89. The molecule has 8 nitrogen and oxygen atoms in total. The molecule has 5 rings (SSSR count). The first-order chi connectivity index (χ1) is 16.6. The summed E-state index contributed by atoms with van der Waals surface area (Å²) in [7, 11) is 2.20. The molecule has 3 heterocycles. The molecule has 1 aromatic heterocycles. The van der Waals surface area contributed by atoms with Gasteiger partial charge in [-0.05, 0) is 74.8 Å². The predicted molar refractivity (Wildman–Crippen MR) is 135 cm³/mol. The number of nitro groups is 1. The van der Waals surface area contributed by atoms with Gasteiger partial charge in [0.2, 0.25) is 0 Å². The zero-order valence-electron chi connectivity index (χ0n) is 19.8. The number of aromatic amines is 1. The van der Waals surface area contributed by atoms with Crippen LogP contribution < -0.4 is 9.64 Å². The maximum absolute atomic E-state index is 10.9. The SMILES string of the molecule is CN1CCC(c2c[nH]c3ccc(OCCN4CCN(c5ccc([N+](=O)[O-])cc5)CC4)cc23)CC1. The molecule has 0 amide bonds. The van der Waals surface area contributed by atoms with Gasteiger partial charge in [-0.2, -0.15) is 0 Å². The summed E-state index contributed by atoms with van der Waals surface area (Å²) >= 11 is 0. The van der Waals surface area contributed by atoms with Crippen LogP contribution in [0, 0.1) is 10.1 Å². The zero-order chi connectivity index (χ0) is 23.5. The number of ether oxygens (including phenoxy) is 1. The van der Waals surface area contributed by atoms with Gasteiger partial charge in [0.1, 0.15) is 12.4 Å². The van der Waals surface area contributed by atoms with Crippen LogP contribution in [-0.2, 0) is 0 Å². The third-order valence-electron chi connectivity index (χ3n) is 7.32. The smallest absolute Gasteiger partial charge is 0.269 e. The van der Waals surface area contributed by atoms with Crippen molar-refractivity contribution >= 4 is 22.3 Å². The van der Waals surface area contributed by atoms with Crippen molar-refractivity contribution in [3.63, 3.8) is 0 Å². The molecule has 2 aromatic carbocycles. The van der Waals surface area contributed by atoms with E-state index in [1.54, 1.807) is 12.1 Å². The molecule has 8 heteroatoms. The summed E-state index contributed by atoms with van der Waals surface area (Å²) in [6.45, 7) is 7.60. The quantitative estimate of drug-likeness (QED) is 0.420. The van der Waals surface area contributed by atoms with Gasteiger partial charge in [-0.3, -0.25) is 15.0 Å². The minimum Gasteiger partial charge on any atom is -0.492 e. The van der Waals surface area contributed by atoms with Gasteiger partial charge in [0.05, 0.1) is 4.92 Å². The number of nitrogens with zero attached hydrogens (tertiary/aromatic N) is 4. The molecular formula is C26H33N5O3. The molecule has 0 atom stereocenters. The highest BCUT2D eigenvalue weighted by Crippen LogP contribution is 2.34. The van der Waals surface area contributed by atoms with Crippen molar-refractivity contribution in [1.82, 2.24) is 14.8 Å². The Hall–Kier alpha value is -3.10. The number of piperazine rings is 1. The van der Waals surface area contributed by atoms with Crippen LogP contribution >= 0.6 is 0 Å². The van der Waals surface area contributed by atoms with Crippen LogP contribution in [0.5, 0.6) is 5.75 Å². The standard InChI is InChI=1S/C26H33N5O3/c1-28-10-8-20(9-11-28)25-19-27-26-7-6-23(18-24(25)26)34-17-16-29-12-14-30(15-13-29)21-2-4-22(5-3-21)31(32)33/h2-7,18-20,27H,8-17H2,1H3. The lowest BCUT2D eigenvalue weighted by Gasteiger charge is -2.36. The number of aromatic nitrogens is 1. The van der Waals surface area contributed by atoms with Crippen LogP contribution in [0.2, 0.25) is 0 Å². The number of benzene rings is 2. The fourth-order valence-electron chi connectivity index (χ4n) is 5.18. The summed E-state index contributed by atoms with van der Waals surface area (Å²) in [6.07, 6.45) is 4.61. The number of anilines is 1. The molecule has 0 saturated carbocycles. The Morgan fingerprint density at radius 1 is 1.03 bits per heavy atom. The number of nitrogens with one attached hydrogen (secondary N) is 1. The molecule has 34 heavy (non-hydrogen) atoms. The van der Waals surface area contributed by atoms with Gasteiger partial charge >= 0.3 is 0 Å². The third kappa shape index (κ3) is 5.03. The first-order valence-electron chi connectivity index (χ1n) is 12.2. The number of piperidine rings is 1. The molecule has 1 N–H and O–H groups in total. The largest absolute Gasteiger partial charge is 0.492 e. The van der Waals surface area contributed by atoms with Gasteiger partial charge in [-0.1, -0.05) is 0 Å². The Kier molecular flexibility index (Phi) is 6.69. The van der Waals surface area contributed by atoms with E-state index in [0.717, 1.165) is 57.3 Å². The highest BCUT2D eigenvalue weighted by Gasteiger charge is 2.21. The third-order valence-corrected chi connectivity index (χ3v) is 7.32. The van der Waals surface area contributed by atoms with Crippen molar-refractivity contribution in [3.05, 3.63) is 64.3 Å². The van der Waals surface area contributed by atoms with Crippen molar-refractivity contribution in [3.8, 4) is 5.75 Å². The molecule has 2 saturated heterocycles. The van der Waals surface area contributed by atoms with Crippen LogP contribution in [0.4, 0.5) is 11.4 Å². The van der Waals surface area contributed by atoms with Crippen molar-refractivity contribution in [2.24, 2.45) is 0 Å². The van der Waals surface area contributed by atoms with Gasteiger partial charge < -0.3 is 19.5 Å². The summed E-state index contributed by atoms with van der Waals surface area (Å²) in [6, 6.07) is 13.2. The van der Waals surface area contributed by atoms with Crippen LogP contribution in [0.25, 0.3) is 10.9 Å². The summed E-state index contributed by atoms with van der Waals surface area (Å²) in [5, 5.41) is 12.2. The van der Waals surface area contributed by atoms with Gasteiger partial charge in [0.25, 0.3) is 5.69 Å². The van der Waals surface area contributed by atoms with E-state index < -0.39 is 0 Å². The monoisotopic (exact) mass is 463 g/mol. The average Bonchev–Trinajstić information content (AvgIpc) is 3.28. The van der Waals surface area contributed by atoms with Crippen molar-refractivity contribution < 1.29 is 9.66 Å². The van der Waals surface area contributed by atoms with Crippen LogP contribution in [0.1, 0.15) is 24.3 Å². The average molecular weight is 464 g/mol. The van der Waals surface area contributed by atoms with Crippen molar-refractivity contribution in [1.29, 1.82) is 0 Å². The fourth-order valence-corrected chi connectivity index (χ4v) is 5.18. The Morgan fingerprint density at radius 3 is 2.47 bits per heavy atom. The van der Waals surface area contributed by atoms with E-state index >= 15 is 0 Å². The van der Waals surface area contributed by atoms with E-state index in [9.17, 15) is 10.1 Å². The maximum atomic E-state index is 10.9. The van der Waals surface area contributed by atoms with Crippen LogP contribution in [0.15, 0.2) is 48.7 Å². The number of rotatable bonds is 7. The Labute approximate surface area is 200 Å². The molecule has 0 aliphatic carbocycles. The van der Waals surface area contributed by atoms with Gasteiger partial charge in [-0.25, -0.2) is 0 Å². The maximum Gasteiger partial charge on any atom is 0.269 e. The van der Waals surface area contributed by atoms with E-state index in [1.165, 1.54) is 29.3 Å². The minimum atomic E-state index is -0.356. The summed E-state index contributed by atoms with van der Waals surface area (Å²) < 4.78 is 6.15. The van der Waals surface area contributed by atoms with Gasteiger partial charge in [0.15, 0.2) is 0 Å². The molecule has 180 valence electrons. The van der Waals surface area contributed by atoms with E-state index in [0.29, 0.717) is 12.5 Å². The van der Waals surface area contributed by atoms with Crippen molar-refractivity contribution in [2.45, 2.75) is 18.8 Å². The second-order valence-corrected chi connectivity index (χ2v) is 9.48. The van der Waals surface area contributed by atoms with Crippen LogP contribution in [0.3, 0.4) is 0 Å². The molecule has 2 fully saturated rings. The Bertz CT molecular complexity index is 1110. The van der Waals surface area contributed by atoms with Gasteiger partial charge in [-0.15, -0.1) is 0 Å². The van der Waals surface area contributed by atoms with Crippen LogP contribution in [-0.4, -0.2) is 79.2 Å². The molecule has 0 unspecified atom stereocenters. The van der Waals surface area contributed by atoms with E-state index in [-0.39, 0.29) is 10.6 Å². The lowest BCUT2D eigenvalue weighted by Crippen LogP contribution is -2.47. The minimum absolute atomic E-state index is 0.135. The molecule has 2 aliphatic rings. The molecule has 0 radical (unpaired) electrons. The first-order valence-corrected chi connectivity index (χ1v) is 12.2. The summed E-state index contributed by atoms with van der Waals surface area (Å²) in [5.41, 5.74) is 3.79.